The van der Waals surface area contributed by atoms with Crippen molar-refractivity contribution in [3.63, 3.8) is 0 Å². The molecule has 0 unspecified atom stereocenters. The number of anilines is 1. The molecular weight excluding hydrogens is 377 g/mol. The lowest BCUT2D eigenvalue weighted by molar-refractivity contribution is -0.115. The van der Waals surface area contributed by atoms with Crippen molar-refractivity contribution < 1.29 is 9.18 Å². The Bertz CT molecular complexity index is 1250. The predicted octanol–water partition coefficient (Wildman–Crippen LogP) is 5.56. The third kappa shape index (κ3) is 3.71. The average Bonchev–Trinajstić information content (AvgIpc) is 3.04. The number of carbonyl (C=O) groups excluding carboxylic acids is 1. The van der Waals surface area contributed by atoms with Gasteiger partial charge in [0.1, 0.15) is 11.5 Å². The van der Waals surface area contributed by atoms with Crippen molar-refractivity contribution in [2.45, 2.75) is 34.1 Å². The Morgan fingerprint density at radius 1 is 1.00 bits per heavy atom. The van der Waals surface area contributed by atoms with E-state index < -0.39 is 0 Å². The predicted molar refractivity (Wildman–Crippen MR) is 118 cm³/mol. The number of halogens is 1. The molecule has 4 aromatic rings. The van der Waals surface area contributed by atoms with Gasteiger partial charge in [-0.25, -0.2) is 9.37 Å². The third-order valence-corrected chi connectivity index (χ3v) is 5.37. The van der Waals surface area contributed by atoms with Crippen LogP contribution in [0.25, 0.3) is 16.9 Å². The first-order valence-electron chi connectivity index (χ1n) is 9.93. The number of aryl methyl sites for hydroxylation is 4. The fourth-order valence-electron chi connectivity index (χ4n) is 3.74. The number of fused-ring (bicyclic) bond motifs is 1. The van der Waals surface area contributed by atoms with Crippen LogP contribution < -0.4 is 5.32 Å². The van der Waals surface area contributed by atoms with Crippen LogP contribution in [-0.4, -0.2) is 15.3 Å². The number of hydrogen-bond donors (Lipinski definition) is 1. The maximum atomic E-state index is 13.8. The van der Waals surface area contributed by atoms with Gasteiger partial charge in [-0.2, -0.15) is 0 Å². The molecule has 0 aliphatic rings. The highest BCUT2D eigenvalue weighted by molar-refractivity contribution is 5.94. The van der Waals surface area contributed by atoms with Gasteiger partial charge in [-0.05, 0) is 74.2 Å². The van der Waals surface area contributed by atoms with Crippen LogP contribution in [0.3, 0.4) is 0 Å². The number of pyridine rings is 1. The van der Waals surface area contributed by atoms with Crippen molar-refractivity contribution in [2.24, 2.45) is 0 Å². The Morgan fingerprint density at radius 3 is 2.43 bits per heavy atom. The number of amides is 1. The fraction of sp³-hybridized carbons (Fsp3) is 0.200. The zero-order valence-corrected chi connectivity index (χ0v) is 17.6. The van der Waals surface area contributed by atoms with E-state index in [1.54, 1.807) is 19.1 Å². The van der Waals surface area contributed by atoms with E-state index in [-0.39, 0.29) is 18.1 Å². The summed E-state index contributed by atoms with van der Waals surface area (Å²) in [4.78, 5) is 17.8. The zero-order valence-electron chi connectivity index (χ0n) is 17.6. The lowest BCUT2D eigenvalue weighted by atomic mass is 10.0. The summed E-state index contributed by atoms with van der Waals surface area (Å²) in [5, 5.41) is 3.06. The van der Waals surface area contributed by atoms with Crippen molar-refractivity contribution in [1.82, 2.24) is 9.38 Å². The van der Waals surface area contributed by atoms with Crippen LogP contribution in [0.4, 0.5) is 10.1 Å². The summed E-state index contributed by atoms with van der Waals surface area (Å²) in [5.41, 5.74) is 7.52. The average molecular weight is 401 g/mol. The number of nitrogens with zero attached hydrogens (tertiary/aromatic N) is 2. The Labute approximate surface area is 175 Å². The summed E-state index contributed by atoms with van der Waals surface area (Å²) in [6.07, 6.45) is 2.13. The molecule has 0 aliphatic heterocycles. The van der Waals surface area contributed by atoms with Crippen molar-refractivity contribution in [3.8, 4) is 11.3 Å². The molecule has 0 radical (unpaired) electrons. The minimum absolute atomic E-state index is 0.115. The van der Waals surface area contributed by atoms with E-state index in [0.29, 0.717) is 11.3 Å². The van der Waals surface area contributed by atoms with Gasteiger partial charge in [-0.3, -0.25) is 4.79 Å². The van der Waals surface area contributed by atoms with Crippen LogP contribution in [0.5, 0.6) is 0 Å². The topological polar surface area (TPSA) is 46.4 Å². The number of imidazole rings is 1. The minimum Gasteiger partial charge on any atom is -0.325 e. The van der Waals surface area contributed by atoms with Gasteiger partial charge in [-0.1, -0.05) is 24.3 Å². The summed E-state index contributed by atoms with van der Waals surface area (Å²) in [6.45, 7) is 7.69. The molecule has 0 saturated heterocycles. The Morgan fingerprint density at radius 2 is 1.73 bits per heavy atom. The number of rotatable bonds is 4. The molecule has 1 N–H and O–H groups in total. The molecular formula is C25H24FN3O. The second-order valence-corrected chi connectivity index (χ2v) is 7.80. The van der Waals surface area contributed by atoms with Gasteiger partial charge in [-0.15, -0.1) is 0 Å². The van der Waals surface area contributed by atoms with E-state index in [4.69, 9.17) is 4.98 Å². The van der Waals surface area contributed by atoms with Crippen LogP contribution in [0.1, 0.15) is 27.9 Å². The molecule has 2 heterocycles. The molecule has 0 saturated carbocycles. The molecule has 152 valence electrons. The maximum absolute atomic E-state index is 13.8. The summed E-state index contributed by atoms with van der Waals surface area (Å²) < 4.78 is 15.8. The number of benzene rings is 2. The lowest BCUT2D eigenvalue weighted by Gasteiger charge is -2.12. The van der Waals surface area contributed by atoms with E-state index in [1.807, 2.05) is 61.7 Å². The number of nitrogens with one attached hydrogen (secondary N) is 1. The minimum atomic E-state index is -0.257. The van der Waals surface area contributed by atoms with Crippen molar-refractivity contribution in [2.75, 3.05) is 5.32 Å². The van der Waals surface area contributed by atoms with E-state index >= 15 is 0 Å². The molecule has 5 heteroatoms. The Kier molecular flexibility index (Phi) is 5.12. The highest BCUT2D eigenvalue weighted by Gasteiger charge is 2.19. The first kappa shape index (κ1) is 19.8. The summed E-state index contributed by atoms with van der Waals surface area (Å²) >= 11 is 0. The van der Waals surface area contributed by atoms with E-state index in [0.717, 1.165) is 39.3 Å². The zero-order chi connectivity index (χ0) is 21.4. The third-order valence-electron chi connectivity index (χ3n) is 5.37. The Balaban J connectivity index is 1.77. The van der Waals surface area contributed by atoms with Gasteiger partial charge in [0, 0.05) is 17.4 Å². The molecule has 0 aliphatic carbocycles. The first-order valence-corrected chi connectivity index (χ1v) is 9.93. The lowest BCUT2D eigenvalue weighted by Crippen LogP contribution is -2.17. The normalized spacial score (nSPS) is 11.1. The van der Waals surface area contributed by atoms with Gasteiger partial charge < -0.3 is 9.72 Å². The quantitative estimate of drug-likeness (QED) is 0.487. The molecule has 0 fully saturated rings. The second-order valence-electron chi connectivity index (χ2n) is 7.80. The van der Waals surface area contributed by atoms with Crippen molar-refractivity contribution >= 4 is 17.2 Å². The van der Waals surface area contributed by atoms with Crippen LogP contribution in [0, 0.1) is 33.5 Å². The first-order chi connectivity index (χ1) is 14.3. The molecule has 0 bridgehead atoms. The van der Waals surface area contributed by atoms with Crippen LogP contribution in [0.2, 0.25) is 0 Å². The number of carbonyl (C=O) groups is 1. The number of aromatic nitrogens is 2. The molecule has 2 aromatic carbocycles. The molecule has 30 heavy (non-hydrogen) atoms. The highest BCUT2D eigenvalue weighted by Crippen LogP contribution is 2.28. The summed E-state index contributed by atoms with van der Waals surface area (Å²) in [5.74, 6) is -0.372. The van der Waals surface area contributed by atoms with Crippen LogP contribution in [0.15, 0.2) is 54.7 Å². The summed E-state index contributed by atoms with van der Waals surface area (Å²) in [7, 11) is 0. The van der Waals surface area contributed by atoms with E-state index in [9.17, 15) is 9.18 Å². The van der Waals surface area contributed by atoms with Crippen LogP contribution >= 0.6 is 0 Å². The van der Waals surface area contributed by atoms with Crippen molar-refractivity contribution in [3.05, 3.63) is 88.5 Å². The Hall–Kier alpha value is -3.47. The van der Waals surface area contributed by atoms with Gasteiger partial charge in [0.2, 0.25) is 5.91 Å². The molecule has 2 aromatic heterocycles. The molecule has 0 atom stereocenters. The molecule has 1 amide bonds. The van der Waals surface area contributed by atoms with Gasteiger partial charge in [0.15, 0.2) is 0 Å². The standard InChI is InChI=1S/C25H24FN3O/c1-15-8-11-22-27-25(19-9-10-20(26)18(4)12-19)21(29(22)14-15)13-23(30)28-24-16(2)6-5-7-17(24)3/h5-12,14H,13H2,1-4H3,(H,28,30). The highest BCUT2D eigenvalue weighted by atomic mass is 19.1. The molecule has 4 nitrogen and oxygen atoms in total. The van der Waals surface area contributed by atoms with Gasteiger partial charge in [0.05, 0.1) is 17.8 Å². The number of para-hydroxylation sites is 1. The van der Waals surface area contributed by atoms with Gasteiger partial charge >= 0.3 is 0 Å². The van der Waals surface area contributed by atoms with Crippen LogP contribution in [-0.2, 0) is 11.2 Å². The molecule has 0 spiro atoms. The largest absolute Gasteiger partial charge is 0.325 e. The fourth-order valence-corrected chi connectivity index (χ4v) is 3.74. The summed E-state index contributed by atoms with van der Waals surface area (Å²) in [6, 6.07) is 14.8. The van der Waals surface area contributed by atoms with Gasteiger partial charge in [0.25, 0.3) is 0 Å². The van der Waals surface area contributed by atoms with E-state index in [2.05, 4.69) is 5.32 Å². The SMILES string of the molecule is Cc1ccc2nc(-c3ccc(F)c(C)c3)c(CC(=O)Nc3c(C)cccc3C)n2c1. The van der Waals surface area contributed by atoms with Crippen molar-refractivity contribution in [1.29, 1.82) is 0 Å². The van der Waals surface area contributed by atoms with E-state index in [1.165, 1.54) is 6.07 Å². The second kappa shape index (κ2) is 7.75. The smallest absolute Gasteiger partial charge is 0.230 e. The monoisotopic (exact) mass is 401 g/mol. The maximum Gasteiger partial charge on any atom is 0.230 e. The number of hydrogen-bond acceptors (Lipinski definition) is 2. The molecule has 4 rings (SSSR count).